The zero-order valence-corrected chi connectivity index (χ0v) is 11.2. The van der Waals surface area contributed by atoms with Gasteiger partial charge in [0.1, 0.15) is 6.33 Å². The predicted octanol–water partition coefficient (Wildman–Crippen LogP) is 2.67. The van der Waals surface area contributed by atoms with Crippen molar-refractivity contribution in [2.24, 2.45) is 0 Å². The summed E-state index contributed by atoms with van der Waals surface area (Å²) in [4.78, 5) is 8.73. The van der Waals surface area contributed by atoms with Gasteiger partial charge in [-0.25, -0.2) is 4.98 Å². The first-order valence-electron chi connectivity index (χ1n) is 7.00. The average molecular weight is 264 g/mol. The van der Waals surface area contributed by atoms with Crippen LogP contribution in [0.5, 0.6) is 0 Å². The first-order valence-corrected chi connectivity index (χ1v) is 7.00. The average Bonchev–Trinajstić information content (AvgIpc) is 3.23. The van der Waals surface area contributed by atoms with E-state index < -0.39 is 0 Å². The Morgan fingerprint density at radius 3 is 3.00 bits per heavy atom. The number of rotatable bonds is 4. The van der Waals surface area contributed by atoms with Gasteiger partial charge in [0.2, 0.25) is 0 Å². The summed E-state index contributed by atoms with van der Waals surface area (Å²) in [6.07, 6.45) is 8.26. The molecule has 3 aromatic rings. The summed E-state index contributed by atoms with van der Waals surface area (Å²) < 4.78 is 2.14. The summed E-state index contributed by atoms with van der Waals surface area (Å²) >= 11 is 0. The van der Waals surface area contributed by atoms with Crippen molar-refractivity contribution >= 4 is 11.0 Å². The Morgan fingerprint density at radius 1 is 1.20 bits per heavy atom. The van der Waals surface area contributed by atoms with Gasteiger partial charge in [0, 0.05) is 30.5 Å². The van der Waals surface area contributed by atoms with E-state index in [-0.39, 0.29) is 0 Å². The van der Waals surface area contributed by atoms with Gasteiger partial charge in [-0.3, -0.25) is 9.55 Å². The van der Waals surface area contributed by atoms with Crippen molar-refractivity contribution in [2.45, 2.75) is 25.4 Å². The smallest absolute Gasteiger partial charge is 0.100 e. The maximum atomic E-state index is 4.47. The van der Waals surface area contributed by atoms with E-state index in [1.165, 1.54) is 18.4 Å². The molecule has 20 heavy (non-hydrogen) atoms. The summed E-state index contributed by atoms with van der Waals surface area (Å²) in [5.74, 6) is 0. The highest BCUT2D eigenvalue weighted by Crippen LogP contribution is 2.23. The normalized spacial score (nSPS) is 14.8. The van der Waals surface area contributed by atoms with Crippen molar-refractivity contribution < 1.29 is 0 Å². The molecule has 0 aliphatic heterocycles. The quantitative estimate of drug-likeness (QED) is 0.788. The molecule has 0 radical (unpaired) electrons. The topological polar surface area (TPSA) is 42.7 Å². The fraction of sp³-hybridized carbons (Fsp3) is 0.250. The number of hydrogen-bond donors (Lipinski definition) is 1. The second-order valence-electron chi connectivity index (χ2n) is 5.26. The molecule has 0 unspecified atom stereocenters. The largest absolute Gasteiger partial charge is 0.310 e. The molecule has 1 N–H and O–H groups in total. The van der Waals surface area contributed by atoms with Gasteiger partial charge >= 0.3 is 0 Å². The molecular weight excluding hydrogens is 248 g/mol. The van der Waals surface area contributed by atoms with Gasteiger partial charge in [-0.1, -0.05) is 12.1 Å². The fourth-order valence-corrected chi connectivity index (χ4v) is 2.48. The molecule has 2 aromatic heterocycles. The molecule has 1 aliphatic rings. The van der Waals surface area contributed by atoms with Gasteiger partial charge in [0.25, 0.3) is 0 Å². The molecule has 4 nitrogen and oxygen atoms in total. The molecule has 4 heteroatoms. The minimum absolute atomic E-state index is 0.697. The van der Waals surface area contributed by atoms with Crippen molar-refractivity contribution in [3.63, 3.8) is 0 Å². The molecule has 0 saturated heterocycles. The molecule has 0 amide bonds. The van der Waals surface area contributed by atoms with Crippen LogP contribution in [-0.2, 0) is 6.54 Å². The van der Waals surface area contributed by atoms with Crippen LogP contribution >= 0.6 is 0 Å². The summed E-state index contributed by atoms with van der Waals surface area (Å²) in [5, 5.41) is 3.55. The van der Waals surface area contributed by atoms with E-state index in [1.807, 2.05) is 36.9 Å². The van der Waals surface area contributed by atoms with Crippen molar-refractivity contribution in [1.82, 2.24) is 19.9 Å². The molecule has 4 rings (SSSR count). The maximum absolute atomic E-state index is 4.47. The van der Waals surface area contributed by atoms with Crippen molar-refractivity contribution in [2.75, 3.05) is 0 Å². The Bertz CT molecular complexity index is 743. The third-order valence-electron chi connectivity index (χ3n) is 3.75. The van der Waals surface area contributed by atoms with Crippen molar-refractivity contribution in [1.29, 1.82) is 0 Å². The van der Waals surface area contributed by atoms with E-state index in [4.69, 9.17) is 0 Å². The maximum Gasteiger partial charge on any atom is 0.100 e. The number of fused-ring (bicyclic) bond motifs is 1. The number of pyridine rings is 1. The van der Waals surface area contributed by atoms with Crippen LogP contribution in [0.25, 0.3) is 16.7 Å². The van der Waals surface area contributed by atoms with Gasteiger partial charge in [0.15, 0.2) is 0 Å². The Morgan fingerprint density at radius 2 is 2.10 bits per heavy atom. The number of nitrogens with one attached hydrogen (secondary N) is 1. The summed E-state index contributed by atoms with van der Waals surface area (Å²) in [7, 11) is 0. The highest BCUT2D eigenvalue weighted by molar-refractivity contribution is 5.77. The minimum atomic E-state index is 0.697. The fourth-order valence-electron chi connectivity index (χ4n) is 2.48. The molecule has 1 fully saturated rings. The molecule has 1 aliphatic carbocycles. The standard InChI is InChI=1S/C16H16N4/c1-2-4-16-14(3-1)19-11-20(16)15-7-8-17-9-12(15)10-18-13-5-6-13/h1-4,7-9,11,13,18H,5-6,10H2. The summed E-state index contributed by atoms with van der Waals surface area (Å²) in [6.45, 7) is 0.861. The second kappa shape index (κ2) is 4.72. The minimum Gasteiger partial charge on any atom is -0.310 e. The van der Waals surface area contributed by atoms with Gasteiger partial charge in [-0.05, 0) is 31.0 Å². The summed E-state index contributed by atoms with van der Waals surface area (Å²) in [5.41, 5.74) is 4.51. The van der Waals surface area contributed by atoms with E-state index >= 15 is 0 Å². The van der Waals surface area contributed by atoms with Gasteiger partial charge in [-0.15, -0.1) is 0 Å². The highest BCUT2D eigenvalue weighted by atomic mass is 15.1. The number of para-hydroxylation sites is 2. The molecule has 100 valence electrons. The number of aromatic nitrogens is 3. The van der Waals surface area contributed by atoms with E-state index in [0.717, 1.165) is 23.3 Å². The van der Waals surface area contributed by atoms with E-state index in [1.54, 1.807) is 0 Å². The number of nitrogens with zero attached hydrogens (tertiary/aromatic N) is 3. The predicted molar refractivity (Wildman–Crippen MR) is 78.7 cm³/mol. The number of imidazole rings is 1. The van der Waals surface area contributed by atoms with Crippen LogP contribution < -0.4 is 5.32 Å². The van der Waals surface area contributed by atoms with E-state index in [9.17, 15) is 0 Å². The highest BCUT2D eigenvalue weighted by Gasteiger charge is 2.20. The lowest BCUT2D eigenvalue weighted by molar-refractivity contribution is 0.683. The van der Waals surface area contributed by atoms with Crippen LogP contribution in [0.3, 0.4) is 0 Å². The SMILES string of the molecule is c1ccc2c(c1)ncn2-c1ccncc1CNC1CC1. The van der Waals surface area contributed by atoms with Crippen LogP contribution in [0, 0.1) is 0 Å². The monoisotopic (exact) mass is 264 g/mol. The molecule has 0 bridgehead atoms. The van der Waals surface area contributed by atoms with Gasteiger partial charge in [0.05, 0.1) is 16.7 Å². The van der Waals surface area contributed by atoms with E-state index in [2.05, 4.69) is 32.0 Å². The van der Waals surface area contributed by atoms with Crippen LogP contribution in [-0.4, -0.2) is 20.6 Å². The zero-order valence-electron chi connectivity index (χ0n) is 11.2. The van der Waals surface area contributed by atoms with Crippen molar-refractivity contribution in [3.8, 4) is 5.69 Å². The van der Waals surface area contributed by atoms with Gasteiger partial charge < -0.3 is 5.32 Å². The molecule has 1 aromatic carbocycles. The van der Waals surface area contributed by atoms with Crippen LogP contribution in [0.15, 0.2) is 49.1 Å². The van der Waals surface area contributed by atoms with E-state index in [0.29, 0.717) is 6.04 Å². The van der Waals surface area contributed by atoms with Crippen LogP contribution in [0.1, 0.15) is 18.4 Å². The van der Waals surface area contributed by atoms with Crippen LogP contribution in [0.4, 0.5) is 0 Å². The third-order valence-corrected chi connectivity index (χ3v) is 3.75. The number of hydrogen-bond acceptors (Lipinski definition) is 3. The lowest BCUT2D eigenvalue weighted by Crippen LogP contribution is -2.17. The molecule has 0 atom stereocenters. The third kappa shape index (κ3) is 2.08. The molecule has 1 saturated carbocycles. The van der Waals surface area contributed by atoms with Crippen LogP contribution in [0.2, 0.25) is 0 Å². The Balaban J connectivity index is 1.76. The second-order valence-corrected chi connectivity index (χ2v) is 5.26. The molecule has 0 spiro atoms. The first-order chi connectivity index (χ1) is 9.92. The lowest BCUT2D eigenvalue weighted by atomic mass is 10.2. The Kier molecular flexibility index (Phi) is 2.74. The van der Waals surface area contributed by atoms with Gasteiger partial charge in [-0.2, -0.15) is 0 Å². The lowest BCUT2D eigenvalue weighted by Gasteiger charge is -2.11. The number of benzene rings is 1. The zero-order chi connectivity index (χ0) is 13.4. The first kappa shape index (κ1) is 11.6. The van der Waals surface area contributed by atoms with Crippen molar-refractivity contribution in [3.05, 3.63) is 54.6 Å². The Hall–Kier alpha value is -2.20. The summed E-state index contributed by atoms with van der Waals surface area (Å²) in [6, 6.07) is 10.9. The Labute approximate surface area is 117 Å². The molecule has 2 heterocycles. The molecular formula is C16H16N4.